The summed E-state index contributed by atoms with van der Waals surface area (Å²) in [6.07, 6.45) is -3.94. The van der Waals surface area contributed by atoms with E-state index in [9.17, 15) is 18.0 Å². The van der Waals surface area contributed by atoms with E-state index in [1.807, 2.05) is 0 Å². The van der Waals surface area contributed by atoms with Crippen molar-refractivity contribution in [3.63, 3.8) is 0 Å². The molecule has 118 valence electrons. The van der Waals surface area contributed by atoms with Crippen molar-refractivity contribution < 1.29 is 18.0 Å². The number of carbonyl (C=O) groups is 1. The minimum absolute atomic E-state index is 0.190. The zero-order valence-corrected chi connectivity index (χ0v) is 12.8. The summed E-state index contributed by atoms with van der Waals surface area (Å²) in [5.41, 5.74) is 0.392. The highest BCUT2D eigenvalue weighted by molar-refractivity contribution is 7.16. The summed E-state index contributed by atoms with van der Waals surface area (Å²) in [5.74, 6) is -0.190. The number of hydrogen-bond donors (Lipinski definition) is 1. The van der Waals surface area contributed by atoms with E-state index in [1.54, 1.807) is 11.6 Å². The van der Waals surface area contributed by atoms with Crippen LogP contribution in [-0.4, -0.2) is 22.4 Å². The van der Waals surface area contributed by atoms with Crippen LogP contribution in [0.1, 0.15) is 30.5 Å². The van der Waals surface area contributed by atoms with Crippen molar-refractivity contribution in [3.05, 3.63) is 28.1 Å². The van der Waals surface area contributed by atoms with Gasteiger partial charge >= 0.3 is 6.18 Å². The predicted molar refractivity (Wildman–Crippen MR) is 76.5 cm³/mol. The monoisotopic (exact) mass is 329 g/mol. The zero-order chi connectivity index (χ0) is 16.2. The summed E-state index contributed by atoms with van der Waals surface area (Å²) in [6, 6.07) is 1.82. The van der Waals surface area contributed by atoms with Crippen LogP contribution in [0.3, 0.4) is 0 Å². The summed E-state index contributed by atoms with van der Waals surface area (Å²) in [7, 11) is 1.60. The number of benzene rings is 1. The topological polar surface area (TPSA) is 49.1 Å². The standard InChI is InChI=1S/C14H14F3N3OS/c1-7(21)19(2)10-3-4-20-12-9(10)5-8(14(15,16)17)6-11(12)22-13(20)18/h5-6,10,18H,3-4H2,1-2H3/t10-/m1/s1. The van der Waals surface area contributed by atoms with E-state index in [4.69, 9.17) is 5.41 Å². The molecular weight excluding hydrogens is 315 g/mol. The molecule has 0 radical (unpaired) electrons. The smallest absolute Gasteiger partial charge is 0.339 e. The van der Waals surface area contributed by atoms with Gasteiger partial charge in [-0.05, 0) is 18.6 Å². The molecule has 0 spiro atoms. The number of aryl methyl sites for hydroxylation is 1. The largest absolute Gasteiger partial charge is 0.416 e. The number of carbonyl (C=O) groups excluding carboxylic acids is 1. The minimum Gasteiger partial charge on any atom is -0.339 e. The molecule has 3 rings (SSSR count). The molecule has 1 amide bonds. The van der Waals surface area contributed by atoms with Gasteiger partial charge in [-0.25, -0.2) is 0 Å². The second-order valence-electron chi connectivity index (χ2n) is 5.40. The Bertz CT molecular complexity index is 821. The van der Waals surface area contributed by atoms with Crippen LogP contribution in [0.2, 0.25) is 0 Å². The Balaban J connectivity index is 2.30. The van der Waals surface area contributed by atoms with Crippen LogP contribution in [0, 0.1) is 5.41 Å². The Morgan fingerprint density at radius 1 is 1.45 bits per heavy atom. The maximum Gasteiger partial charge on any atom is 0.416 e. The van der Waals surface area contributed by atoms with Gasteiger partial charge in [0.25, 0.3) is 0 Å². The van der Waals surface area contributed by atoms with Crippen molar-refractivity contribution in [2.75, 3.05) is 7.05 Å². The van der Waals surface area contributed by atoms with Crippen molar-refractivity contribution in [1.82, 2.24) is 9.47 Å². The molecule has 2 aromatic rings. The Morgan fingerprint density at radius 3 is 2.73 bits per heavy atom. The molecule has 0 aliphatic carbocycles. The number of hydrogen-bond acceptors (Lipinski definition) is 3. The number of alkyl halides is 3. The van der Waals surface area contributed by atoms with Crippen molar-refractivity contribution >= 4 is 27.5 Å². The van der Waals surface area contributed by atoms with Gasteiger partial charge in [0, 0.05) is 26.1 Å². The SMILES string of the molecule is CC(=O)N(C)[C@@H]1CCn2c(=N)sc3cc(C(F)(F)F)cc1c32. The summed E-state index contributed by atoms with van der Waals surface area (Å²) in [5, 5.41) is 7.93. The van der Waals surface area contributed by atoms with Gasteiger partial charge in [0.05, 0.1) is 21.8 Å². The van der Waals surface area contributed by atoms with Gasteiger partial charge in [0.2, 0.25) is 5.91 Å². The Kier molecular flexibility index (Phi) is 3.32. The normalized spacial score (nSPS) is 17.8. The highest BCUT2D eigenvalue weighted by Gasteiger charge is 2.35. The minimum atomic E-state index is -4.45. The zero-order valence-electron chi connectivity index (χ0n) is 12.0. The molecule has 8 heteroatoms. The third kappa shape index (κ3) is 2.22. The van der Waals surface area contributed by atoms with E-state index < -0.39 is 17.8 Å². The molecule has 0 saturated carbocycles. The number of nitrogens with zero attached hydrogens (tertiary/aromatic N) is 2. The lowest BCUT2D eigenvalue weighted by Gasteiger charge is -2.32. The molecule has 0 fully saturated rings. The van der Waals surface area contributed by atoms with E-state index in [2.05, 4.69) is 0 Å². The molecule has 2 heterocycles. The number of aromatic nitrogens is 1. The van der Waals surface area contributed by atoms with Gasteiger partial charge in [-0.1, -0.05) is 11.3 Å². The van der Waals surface area contributed by atoms with Crippen molar-refractivity contribution in [1.29, 1.82) is 5.41 Å². The van der Waals surface area contributed by atoms with Crippen LogP contribution in [0.5, 0.6) is 0 Å². The van der Waals surface area contributed by atoms with Crippen LogP contribution >= 0.6 is 11.3 Å². The molecule has 22 heavy (non-hydrogen) atoms. The second-order valence-corrected chi connectivity index (χ2v) is 6.43. The first-order valence-electron chi connectivity index (χ1n) is 6.72. The summed E-state index contributed by atoms with van der Waals surface area (Å²) in [6.45, 7) is 1.93. The first-order chi connectivity index (χ1) is 10.2. The number of rotatable bonds is 1. The number of thiazole rings is 1. The van der Waals surface area contributed by atoms with Crippen molar-refractivity contribution in [3.8, 4) is 0 Å². The lowest BCUT2D eigenvalue weighted by Crippen LogP contribution is -2.33. The molecule has 4 nitrogen and oxygen atoms in total. The van der Waals surface area contributed by atoms with E-state index in [-0.39, 0.29) is 10.7 Å². The Labute approximate surface area is 128 Å². The Morgan fingerprint density at radius 2 is 2.14 bits per heavy atom. The van der Waals surface area contributed by atoms with Crippen LogP contribution in [-0.2, 0) is 17.5 Å². The highest BCUT2D eigenvalue weighted by Crippen LogP contribution is 2.40. The molecule has 1 aliphatic heterocycles. The second kappa shape index (κ2) is 4.84. The third-order valence-corrected chi connectivity index (χ3v) is 5.05. The van der Waals surface area contributed by atoms with Crippen LogP contribution in [0.25, 0.3) is 10.2 Å². The highest BCUT2D eigenvalue weighted by atomic mass is 32.1. The molecule has 1 aromatic heterocycles. The molecule has 0 bridgehead atoms. The average molecular weight is 329 g/mol. The summed E-state index contributed by atoms with van der Waals surface area (Å²) < 4.78 is 41.5. The lowest BCUT2D eigenvalue weighted by molar-refractivity contribution is -0.137. The molecule has 1 aromatic carbocycles. The van der Waals surface area contributed by atoms with Crippen molar-refractivity contribution in [2.24, 2.45) is 0 Å². The molecule has 1 N–H and O–H groups in total. The molecule has 1 aliphatic rings. The summed E-state index contributed by atoms with van der Waals surface area (Å²) >= 11 is 1.04. The average Bonchev–Trinajstić information content (AvgIpc) is 2.75. The van der Waals surface area contributed by atoms with E-state index in [0.29, 0.717) is 28.7 Å². The fourth-order valence-electron chi connectivity index (χ4n) is 2.92. The quantitative estimate of drug-likeness (QED) is 0.858. The number of nitrogens with one attached hydrogen (secondary N) is 1. The number of halogens is 3. The molecule has 1 atom stereocenters. The van der Waals surface area contributed by atoms with Gasteiger partial charge < -0.3 is 9.47 Å². The third-order valence-electron chi connectivity index (χ3n) is 4.10. The van der Waals surface area contributed by atoms with Gasteiger partial charge in [0.1, 0.15) is 0 Å². The van der Waals surface area contributed by atoms with Crippen molar-refractivity contribution in [2.45, 2.75) is 32.1 Å². The first kappa shape index (κ1) is 15.1. The maximum absolute atomic E-state index is 13.1. The lowest BCUT2D eigenvalue weighted by atomic mass is 9.95. The predicted octanol–water partition coefficient (Wildman–Crippen LogP) is 3.12. The van der Waals surface area contributed by atoms with E-state index in [1.165, 1.54) is 11.8 Å². The van der Waals surface area contributed by atoms with Gasteiger partial charge in [-0.2, -0.15) is 13.2 Å². The molecular formula is C14H14F3N3OS. The van der Waals surface area contributed by atoms with Crippen LogP contribution < -0.4 is 4.80 Å². The fraction of sp³-hybridized carbons (Fsp3) is 0.429. The summed E-state index contributed by atoms with van der Waals surface area (Å²) in [4.78, 5) is 13.3. The molecule has 0 saturated heterocycles. The van der Waals surface area contributed by atoms with Crippen LogP contribution in [0.15, 0.2) is 12.1 Å². The van der Waals surface area contributed by atoms with Crippen LogP contribution in [0.4, 0.5) is 13.2 Å². The van der Waals surface area contributed by atoms with Gasteiger partial charge in [-0.3, -0.25) is 10.2 Å². The Hall–Kier alpha value is -1.83. The van der Waals surface area contributed by atoms with E-state index >= 15 is 0 Å². The maximum atomic E-state index is 13.1. The molecule has 0 unspecified atom stereocenters. The number of amides is 1. The van der Waals surface area contributed by atoms with Gasteiger partial charge in [-0.15, -0.1) is 0 Å². The van der Waals surface area contributed by atoms with Gasteiger partial charge in [0.15, 0.2) is 4.80 Å². The van der Waals surface area contributed by atoms with E-state index in [0.717, 1.165) is 23.5 Å². The fourth-order valence-corrected chi connectivity index (χ4v) is 3.93. The first-order valence-corrected chi connectivity index (χ1v) is 7.54.